The Bertz CT molecular complexity index is 1080. The Morgan fingerprint density at radius 1 is 1.21 bits per heavy atom. The van der Waals surface area contributed by atoms with Crippen LogP contribution in [-0.2, 0) is 14.8 Å². The van der Waals surface area contributed by atoms with E-state index in [-0.39, 0.29) is 10.8 Å². The van der Waals surface area contributed by atoms with Crippen LogP contribution in [0.2, 0.25) is 0 Å². The van der Waals surface area contributed by atoms with Gasteiger partial charge in [-0.15, -0.1) is 4.40 Å². The van der Waals surface area contributed by atoms with E-state index < -0.39 is 21.9 Å². The van der Waals surface area contributed by atoms with Crippen molar-refractivity contribution in [2.45, 2.75) is 37.1 Å². The number of hydrogen-bond acceptors (Lipinski definition) is 4. The SMILES string of the molecule is Cc1ccc(F)cc1NC(=O)[C@H]1CCCCN1C1=NS(=O)(=O)c2ccccc21. The van der Waals surface area contributed by atoms with Crippen LogP contribution in [0.15, 0.2) is 51.8 Å². The number of likely N-dealkylation sites (tertiary alicyclic amines) is 1. The molecule has 8 heteroatoms. The second kappa shape index (κ2) is 7.01. The van der Waals surface area contributed by atoms with Gasteiger partial charge in [-0.3, -0.25) is 4.79 Å². The lowest BCUT2D eigenvalue weighted by Crippen LogP contribution is -2.50. The maximum atomic E-state index is 13.6. The number of piperidine rings is 1. The molecule has 1 saturated heterocycles. The number of halogens is 1. The van der Waals surface area contributed by atoms with E-state index in [1.807, 2.05) is 0 Å². The Morgan fingerprint density at radius 2 is 2.00 bits per heavy atom. The first-order valence-corrected chi connectivity index (χ1v) is 10.6. The van der Waals surface area contributed by atoms with E-state index in [2.05, 4.69) is 9.71 Å². The summed E-state index contributed by atoms with van der Waals surface area (Å²) in [4.78, 5) is 14.9. The van der Waals surface area contributed by atoms with Gasteiger partial charge in [0.1, 0.15) is 16.8 Å². The summed E-state index contributed by atoms with van der Waals surface area (Å²) >= 11 is 0. The van der Waals surface area contributed by atoms with Crippen molar-refractivity contribution >= 4 is 27.5 Å². The zero-order chi connectivity index (χ0) is 19.9. The lowest BCUT2D eigenvalue weighted by atomic mass is 9.99. The first-order valence-electron chi connectivity index (χ1n) is 9.15. The molecule has 1 amide bonds. The van der Waals surface area contributed by atoms with Crippen LogP contribution in [0.1, 0.15) is 30.4 Å². The molecular formula is C20H20FN3O3S. The second-order valence-corrected chi connectivity index (χ2v) is 8.61. The highest BCUT2D eigenvalue weighted by Crippen LogP contribution is 2.31. The van der Waals surface area contributed by atoms with Crippen LogP contribution >= 0.6 is 0 Å². The van der Waals surface area contributed by atoms with Crippen LogP contribution in [0, 0.1) is 12.7 Å². The van der Waals surface area contributed by atoms with Gasteiger partial charge in [0.25, 0.3) is 10.0 Å². The number of nitrogens with one attached hydrogen (secondary N) is 1. The highest BCUT2D eigenvalue weighted by Gasteiger charge is 2.38. The number of sulfonamides is 1. The summed E-state index contributed by atoms with van der Waals surface area (Å²) in [6.07, 6.45) is 2.25. The van der Waals surface area contributed by atoms with Crippen molar-refractivity contribution in [3.05, 3.63) is 59.4 Å². The summed E-state index contributed by atoms with van der Waals surface area (Å²) in [5.41, 5.74) is 1.68. The summed E-state index contributed by atoms with van der Waals surface area (Å²) in [5, 5.41) is 2.79. The van der Waals surface area contributed by atoms with E-state index in [4.69, 9.17) is 0 Å². The highest BCUT2D eigenvalue weighted by atomic mass is 32.2. The van der Waals surface area contributed by atoms with Gasteiger partial charge in [0, 0.05) is 17.8 Å². The van der Waals surface area contributed by atoms with E-state index in [1.54, 1.807) is 36.1 Å². The van der Waals surface area contributed by atoms with Gasteiger partial charge in [0.05, 0.1) is 0 Å². The molecule has 1 N–H and O–H groups in total. The fourth-order valence-corrected chi connectivity index (χ4v) is 4.92. The molecule has 2 aromatic carbocycles. The Labute approximate surface area is 163 Å². The predicted octanol–water partition coefficient (Wildman–Crippen LogP) is 3.08. The van der Waals surface area contributed by atoms with Crippen molar-refractivity contribution in [3.8, 4) is 0 Å². The minimum Gasteiger partial charge on any atom is -0.343 e. The van der Waals surface area contributed by atoms with Crippen LogP contribution < -0.4 is 5.32 Å². The van der Waals surface area contributed by atoms with Gasteiger partial charge in [-0.05, 0) is 56.0 Å². The first-order chi connectivity index (χ1) is 13.4. The topological polar surface area (TPSA) is 78.8 Å². The normalized spacial score (nSPS) is 20.4. The fourth-order valence-electron chi connectivity index (χ4n) is 3.70. The average Bonchev–Trinajstić information content (AvgIpc) is 2.96. The van der Waals surface area contributed by atoms with Gasteiger partial charge in [0.15, 0.2) is 5.84 Å². The summed E-state index contributed by atoms with van der Waals surface area (Å²) in [5.74, 6) is -0.411. The number of carbonyl (C=O) groups is 1. The highest BCUT2D eigenvalue weighted by molar-refractivity contribution is 7.90. The maximum Gasteiger partial charge on any atom is 0.285 e. The molecule has 2 aromatic rings. The number of carbonyl (C=O) groups excluding carboxylic acids is 1. The number of nitrogens with zero attached hydrogens (tertiary/aromatic N) is 2. The lowest BCUT2D eigenvalue weighted by molar-refractivity contribution is -0.120. The number of amidine groups is 1. The van der Waals surface area contributed by atoms with Gasteiger partial charge in [0.2, 0.25) is 5.91 Å². The molecule has 1 atom stereocenters. The monoisotopic (exact) mass is 401 g/mol. The average molecular weight is 401 g/mol. The molecule has 2 aliphatic heterocycles. The van der Waals surface area contributed by atoms with Gasteiger partial charge >= 0.3 is 0 Å². The van der Waals surface area contributed by atoms with Gasteiger partial charge in [-0.1, -0.05) is 18.2 Å². The summed E-state index contributed by atoms with van der Waals surface area (Å²) in [6, 6.07) is 10.3. The van der Waals surface area contributed by atoms with Crippen molar-refractivity contribution in [2.75, 3.05) is 11.9 Å². The van der Waals surface area contributed by atoms with Crippen LogP contribution in [0.5, 0.6) is 0 Å². The molecule has 6 nitrogen and oxygen atoms in total. The number of amides is 1. The van der Waals surface area contributed by atoms with Crippen molar-refractivity contribution in [2.24, 2.45) is 4.40 Å². The Balaban J connectivity index is 1.66. The summed E-state index contributed by atoms with van der Waals surface area (Å²) in [7, 11) is -3.76. The quantitative estimate of drug-likeness (QED) is 0.839. The molecule has 0 aromatic heterocycles. The van der Waals surface area contributed by atoms with Crippen molar-refractivity contribution in [1.82, 2.24) is 4.90 Å². The molecule has 0 radical (unpaired) electrons. The number of benzene rings is 2. The zero-order valence-corrected chi connectivity index (χ0v) is 16.2. The predicted molar refractivity (Wildman–Crippen MR) is 104 cm³/mol. The lowest BCUT2D eigenvalue weighted by Gasteiger charge is -2.36. The number of rotatable bonds is 2. The molecule has 28 heavy (non-hydrogen) atoms. The molecule has 0 unspecified atom stereocenters. The molecule has 2 aliphatic rings. The number of fused-ring (bicyclic) bond motifs is 1. The molecule has 0 bridgehead atoms. The number of anilines is 1. The molecule has 0 saturated carbocycles. The molecule has 4 rings (SSSR count). The molecule has 146 valence electrons. The van der Waals surface area contributed by atoms with Gasteiger partial charge in [-0.25, -0.2) is 4.39 Å². The van der Waals surface area contributed by atoms with E-state index in [9.17, 15) is 17.6 Å². The minimum absolute atomic E-state index is 0.163. The minimum atomic E-state index is -3.76. The number of hydrogen-bond donors (Lipinski definition) is 1. The third kappa shape index (κ3) is 3.28. The van der Waals surface area contributed by atoms with E-state index in [0.717, 1.165) is 18.4 Å². The zero-order valence-electron chi connectivity index (χ0n) is 15.4. The maximum absolute atomic E-state index is 13.6. The summed E-state index contributed by atoms with van der Waals surface area (Å²) < 4.78 is 42.3. The molecule has 2 heterocycles. The first kappa shape index (κ1) is 18.6. The molecule has 1 fully saturated rings. The van der Waals surface area contributed by atoms with Crippen LogP contribution in [0.4, 0.5) is 10.1 Å². The largest absolute Gasteiger partial charge is 0.343 e. The fraction of sp³-hybridized carbons (Fsp3) is 0.300. The smallest absolute Gasteiger partial charge is 0.285 e. The van der Waals surface area contributed by atoms with Crippen molar-refractivity contribution < 1.29 is 17.6 Å². The third-order valence-electron chi connectivity index (χ3n) is 5.15. The van der Waals surface area contributed by atoms with Crippen LogP contribution in [0.25, 0.3) is 0 Å². The number of aryl methyl sites for hydroxylation is 1. The molecule has 0 aliphatic carbocycles. The second-order valence-electron chi connectivity index (χ2n) is 7.04. The van der Waals surface area contributed by atoms with E-state index in [1.165, 1.54) is 18.2 Å². The van der Waals surface area contributed by atoms with Crippen molar-refractivity contribution in [3.63, 3.8) is 0 Å². The van der Waals surface area contributed by atoms with E-state index >= 15 is 0 Å². The Kier molecular flexibility index (Phi) is 4.66. The summed E-state index contributed by atoms with van der Waals surface area (Å²) in [6.45, 7) is 2.32. The van der Waals surface area contributed by atoms with E-state index in [0.29, 0.717) is 30.1 Å². The molecular weight excluding hydrogens is 381 g/mol. The molecule has 0 spiro atoms. The Morgan fingerprint density at radius 3 is 2.82 bits per heavy atom. The van der Waals surface area contributed by atoms with Gasteiger partial charge in [-0.2, -0.15) is 8.42 Å². The third-order valence-corrected chi connectivity index (χ3v) is 6.47. The van der Waals surface area contributed by atoms with Crippen LogP contribution in [0.3, 0.4) is 0 Å². The van der Waals surface area contributed by atoms with Crippen LogP contribution in [-0.4, -0.2) is 37.6 Å². The van der Waals surface area contributed by atoms with Gasteiger partial charge < -0.3 is 10.2 Å². The van der Waals surface area contributed by atoms with Crippen molar-refractivity contribution in [1.29, 1.82) is 0 Å². The standard InChI is InChI=1S/C20H20FN3O3S/c1-13-9-10-14(21)12-16(13)22-20(25)17-7-4-5-11-24(17)19-15-6-2-3-8-18(15)28(26,27)23-19/h2-3,6,8-10,12,17H,4-5,7,11H2,1H3,(H,22,25)/t17-/m1/s1. The Hall–Kier alpha value is -2.74.